The molecule has 1 aliphatic rings. The highest BCUT2D eigenvalue weighted by molar-refractivity contribution is 5.95. The molecule has 1 fully saturated rings. The zero-order valence-corrected chi connectivity index (χ0v) is 14.0. The Morgan fingerprint density at radius 3 is 2.17 bits per heavy atom. The fourth-order valence-electron chi connectivity index (χ4n) is 2.48. The number of halogens is 3. The van der Waals surface area contributed by atoms with Gasteiger partial charge in [0.2, 0.25) is 5.91 Å². The second-order valence-corrected chi connectivity index (χ2v) is 5.28. The van der Waals surface area contributed by atoms with Gasteiger partial charge < -0.3 is 20.3 Å². The van der Waals surface area contributed by atoms with E-state index >= 15 is 0 Å². The first-order valence-electron chi connectivity index (χ1n) is 7.22. The maximum absolute atomic E-state index is 13.7. The number of nitrogens with two attached hydrogens (primary N) is 1. The van der Waals surface area contributed by atoms with Gasteiger partial charge in [-0.2, -0.15) is 0 Å². The summed E-state index contributed by atoms with van der Waals surface area (Å²) >= 11 is 0. The third-order valence-corrected chi connectivity index (χ3v) is 3.72. The van der Waals surface area contributed by atoms with Crippen LogP contribution in [0.1, 0.15) is 10.4 Å². The Hall–Kier alpha value is -1.77. The summed E-state index contributed by atoms with van der Waals surface area (Å²) in [5.74, 6) is -2.77. The van der Waals surface area contributed by atoms with Crippen molar-refractivity contribution in [2.24, 2.45) is 5.73 Å². The molecule has 6 nitrogen and oxygen atoms in total. The van der Waals surface area contributed by atoms with Crippen LogP contribution in [-0.2, 0) is 9.53 Å². The lowest BCUT2D eigenvalue weighted by Crippen LogP contribution is -2.55. The molecule has 134 valence electrons. The van der Waals surface area contributed by atoms with E-state index in [1.807, 2.05) is 0 Å². The Labute approximate surface area is 144 Å². The monoisotopic (exact) mass is 363 g/mol. The van der Waals surface area contributed by atoms with Crippen LogP contribution in [0.15, 0.2) is 18.2 Å². The number of piperazine rings is 1. The molecule has 1 aromatic rings. The van der Waals surface area contributed by atoms with Gasteiger partial charge in [-0.3, -0.25) is 9.59 Å². The average Bonchev–Trinajstić information content (AvgIpc) is 2.54. The zero-order chi connectivity index (χ0) is 17.0. The molecule has 1 heterocycles. The molecule has 0 aliphatic carbocycles. The van der Waals surface area contributed by atoms with Crippen LogP contribution >= 0.6 is 12.4 Å². The standard InChI is InChI=1S/C15H19F2N3O3.ClH/c1-23-9-12(18)14(21)19-5-7-20(8-6-19)15(22)13-10(16)3-2-4-11(13)17;/h2-4,12H,5-9,18H2,1H3;1H. The predicted octanol–water partition coefficient (Wildman–Crippen LogP) is 0.645. The van der Waals surface area contributed by atoms with Gasteiger partial charge in [0.15, 0.2) is 0 Å². The first-order chi connectivity index (χ1) is 11.0. The summed E-state index contributed by atoms with van der Waals surface area (Å²) in [6.07, 6.45) is 0. The van der Waals surface area contributed by atoms with Crippen LogP contribution in [0.5, 0.6) is 0 Å². The van der Waals surface area contributed by atoms with Gasteiger partial charge in [-0.25, -0.2) is 8.78 Å². The Morgan fingerprint density at radius 1 is 1.17 bits per heavy atom. The van der Waals surface area contributed by atoms with E-state index in [2.05, 4.69) is 0 Å². The van der Waals surface area contributed by atoms with Gasteiger partial charge in [-0.15, -0.1) is 12.4 Å². The molecule has 24 heavy (non-hydrogen) atoms. The number of methoxy groups -OCH3 is 1. The van der Waals surface area contributed by atoms with Crippen molar-refractivity contribution in [1.29, 1.82) is 0 Å². The highest BCUT2D eigenvalue weighted by Gasteiger charge is 2.29. The number of carbonyl (C=O) groups excluding carboxylic acids is 2. The largest absolute Gasteiger partial charge is 0.383 e. The van der Waals surface area contributed by atoms with Crippen molar-refractivity contribution in [3.05, 3.63) is 35.4 Å². The Balaban J connectivity index is 0.00000288. The summed E-state index contributed by atoms with van der Waals surface area (Å²) in [6, 6.07) is 2.53. The number of benzene rings is 1. The summed E-state index contributed by atoms with van der Waals surface area (Å²) in [4.78, 5) is 27.1. The minimum absolute atomic E-state index is 0. The van der Waals surface area contributed by atoms with E-state index in [1.165, 1.54) is 23.0 Å². The number of ether oxygens (including phenoxy) is 1. The lowest BCUT2D eigenvalue weighted by Gasteiger charge is -2.35. The van der Waals surface area contributed by atoms with E-state index in [9.17, 15) is 18.4 Å². The first kappa shape index (κ1) is 20.3. The van der Waals surface area contributed by atoms with E-state index in [4.69, 9.17) is 10.5 Å². The van der Waals surface area contributed by atoms with Crippen LogP contribution in [0, 0.1) is 11.6 Å². The van der Waals surface area contributed by atoms with Crippen molar-refractivity contribution in [3.8, 4) is 0 Å². The predicted molar refractivity (Wildman–Crippen MR) is 85.9 cm³/mol. The third-order valence-electron chi connectivity index (χ3n) is 3.72. The van der Waals surface area contributed by atoms with Gasteiger partial charge in [-0.1, -0.05) is 6.07 Å². The number of hydrogen-bond acceptors (Lipinski definition) is 4. The minimum Gasteiger partial charge on any atom is -0.383 e. The molecule has 0 radical (unpaired) electrons. The fraction of sp³-hybridized carbons (Fsp3) is 0.467. The number of rotatable bonds is 4. The molecular formula is C15H20ClF2N3O3. The molecule has 2 amide bonds. The summed E-state index contributed by atoms with van der Waals surface area (Å²) in [7, 11) is 1.45. The Morgan fingerprint density at radius 2 is 1.67 bits per heavy atom. The fourth-order valence-corrected chi connectivity index (χ4v) is 2.48. The van der Waals surface area contributed by atoms with Gasteiger partial charge in [0.25, 0.3) is 5.91 Å². The lowest BCUT2D eigenvalue weighted by atomic mass is 10.1. The number of hydrogen-bond donors (Lipinski definition) is 1. The molecule has 1 saturated heterocycles. The van der Waals surface area contributed by atoms with E-state index in [-0.39, 0.29) is 51.1 Å². The van der Waals surface area contributed by atoms with Crippen LogP contribution in [0.2, 0.25) is 0 Å². The average molecular weight is 364 g/mol. The Bertz CT molecular complexity index is 575. The highest BCUT2D eigenvalue weighted by Crippen LogP contribution is 2.16. The summed E-state index contributed by atoms with van der Waals surface area (Å²) in [5.41, 5.74) is 5.12. The van der Waals surface area contributed by atoms with Gasteiger partial charge in [0.1, 0.15) is 23.2 Å². The number of carbonyl (C=O) groups is 2. The van der Waals surface area contributed by atoms with Crippen molar-refractivity contribution in [2.75, 3.05) is 39.9 Å². The van der Waals surface area contributed by atoms with Crippen LogP contribution < -0.4 is 5.73 Å². The number of amides is 2. The SMILES string of the molecule is COCC(N)C(=O)N1CCN(C(=O)c2c(F)cccc2F)CC1.Cl. The van der Waals surface area contributed by atoms with Crippen LogP contribution in [0.4, 0.5) is 8.78 Å². The molecule has 2 N–H and O–H groups in total. The lowest BCUT2D eigenvalue weighted by molar-refractivity contribution is -0.135. The van der Waals surface area contributed by atoms with E-state index in [0.29, 0.717) is 0 Å². The molecule has 1 atom stereocenters. The summed E-state index contributed by atoms with van der Waals surface area (Å²) in [6.45, 7) is 1.02. The van der Waals surface area contributed by atoms with Crippen LogP contribution in [-0.4, -0.2) is 67.6 Å². The molecule has 1 aromatic carbocycles. The van der Waals surface area contributed by atoms with E-state index in [0.717, 1.165) is 12.1 Å². The van der Waals surface area contributed by atoms with Crippen LogP contribution in [0.3, 0.4) is 0 Å². The minimum atomic E-state index is -0.893. The quantitative estimate of drug-likeness (QED) is 0.852. The molecule has 2 rings (SSSR count). The molecule has 0 saturated carbocycles. The molecule has 1 unspecified atom stereocenters. The second kappa shape index (κ2) is 8.91. The molecular weight excluding hydrogens is 344 g/mol. The zero-order valence-electron chi connectivity index (χ0n) is 13.2. The number of nitrogens with zero attached hydrogens (tertiary/aromatic N) is 2. The molecule has 0 bridgehead atoms. The van der Waals surface area contributed by atoms with Gasteiger partial charge in [0, 0.05) is 33.3 Å². The molecule has 0 spiro atoms. The van der Waals surface area contributed by atoms with Crippen LogP contribution in [0.25, 0.3) is 0 Å². The van der Waals surface area contributed by atoms with Gasteiger partial charge in [0.05, 0.1) is 6.61 Å². The van der Waals surface area contributed by atoms with Crippen molar-refractivity contribution in [2.45, 2.75) is 6.04 Å². The summed E-state index contributed by atoms with van der Waals surface area (Å²) in [5, 5.41) is 0. The van der Waals surface area contributed by atoms with E-state index < -0.39 is 29.1 Å². The van der Waals surface area contributed by atoms with Gasteiger partial charge in [-0.05, 0) is 12.1 Å². The molecule has 1 aliphatic heterocycles. The highest BCUT2D eigenvalue weighted by atomic mass is 35.5. The van der Waals surface area contributed by atoms with Crippen molar-refractivity contribution >= 4 is 24.2 Å². The topological polar surface area (TPSA) is 75.9 Å². The van der Waals surface area contributed by atoms with Gasteiger partial charge >= 0.3 is 0 Å². The maximum atomic E-state index is 13.7. The van der Waals surface area contributed by atoms with Crippen molar-refractivity contribution in [3.63, 3.8) is 0 Å². The maximum Gasteiger partial charge on any atom is 0.259 e. The molecule has 0 aromatic heterocycles. The smallest absolute Gasteiger partial charge is 0.259 e. The van der Waals surface area contributed by atoms with E-state index in [1.54, 1.807) is 0 Å². The first-order valence-corrected chi connectivity index (χ1v) is 7.22. The third kappa shape index (κ3) is 4.40. The second-order valence-electron chi connectivity index (χ2n) is 5.28. The van der Waals surface area contributed by atoms with Crippen molar-refractivity contribution < 1.29 is 23.1 Å². The Kier molecular flexibility index (Phi) is 7.53. The van der Waals surface area contributed by atoms with Crippen molar-refractivity contribution in [1.82, 2.24) is 9.80 Å². The normalized spacial score (nSPS) is 15.7. The summed E-state index contributed by atoms with van der Waals surface area (Å²) < 4.78 is 32.2. The molecule has 9 heteroatoms.